The fraction of sp³-hybridized carbons (Fsp3) is 0.238. The van der Waals surface area contributed by atoms with Crippen LogP contribution in [0.4, 0.5) is 8.78 Å². The number of hydrogen-bond acceptors (Lipinski definition) is 0. The average molecular weight is 308 g/mol. The van der Waals surface area contributed by atoms with E-state index < -0.39 is 0 Å². The number of halogens is 2. The molecule has 0 aliphatic heterocycles. The van der Waals surface area contributed by atoms with Gasteiger partial charge in [0.15, 0.2) is 0 Å². The molecule has 0 amide bonds. The van der Waals surface area contributed by atoms with E-state index in [4.69, 9.17) is 0 Å². The first-order chi connectivity index (χ1) is 11.1. The fourth-order valence-electron chi connectivity index (χ4n) is 3.73. The molecule has 0 bridgehead atoms. The van der Waals surface area contributed by atoms with Crippen molar-refractivity contribution < 1.29 is 8.78 Å². The molecule has 0 N–H and O–H groups in total. The van der Waals surface area contributed by atoms with E-state index >= 15 is 0 Å². The topological polar surface area (TPSA) is 0 Å². The van der Waals surface area contributed by atoms with Gasteiger partial charge in [0.25, 0.3) is 0 Å². The van der Waals surface area contributed by atoms with Gasteiger partial charge in [-0.2, -0.15) is 0 Å². The molecule has 0 heterocycles. The predicted molar refractivity (Wildman–Crippen MR) is 89.8 cm³/mol. The lowest BCUT2D eigenvalue weighted by Crippen LogP contribution is -2.14. The van der Waals surface area contributed by atoms with Gasteiger partial charge in [-0.05, 0) is 66.3 Å². The molecule has 3 aromatic carbocycles. The van der Waals surface area contributed by atoms with Gasteiger partial charge in [0.2, 0.25) is 0 Å². The molecule has 116 valence electrons. The largest absolute Gasteiger partial charge is 0.207 e. The third-order valence-corrected chi connectivity index (χ3v) is 4.98. The highest BCUT2D eigenvalue weighted by atomic mass is 19.1. The highest BCUT2D eigenvalue weighted by molar-refractivity contribution is 5.84. The van der Waals surface area contributed by atoms with E-state index in [1.807, 2.05) is 43.3 Å². The van der Waals surface area contributed by atoms with Crippen LogP contribution in [0, 0.1) is 18.6 Å². The van der Waals surface area contributed by atoms with Gasteiger partial charge in [-0.15, -0.1) is 0 Å². The minimum absolute atomic E-state index is 0.118. The number of fused-ring (bicyclic) bond motifs is 2. The van der Waals surface area contributed by atoms with Gasteiger partial charge in [0.05, 0.1) is 0 Å². The van der Waals surface area contributed by atoms with Gasteiger partial charge in [-0.25, -0.2) is 8.78 Å². The maximum absolute atomic E-state index is 15.0. The molecule has 0 saturated carbocycles. The molecular formula is C21H18F2. The first-order valence-corrected chi connectivity index (χ1v) is 8.08. The zero-order chi connectivity index (χ0) is 16.0. The Kier molecular flexibility index (Phi) is 3.41. The molecular weight excluding hydrogens is 290 g/mol. The van der Waals surface area contributed by atoms with Crippen molar-refractivity contribution in [2.45, 2.75) is 32.1 Å². The van der Waals surface area contributed by atoms with Crippen LogP contribution in [-0.2, 0) is 12.8 Å². The molecule has 1 atom stereocenters. The second-order valence-electron chi connectivity index (χ2n) is 6.55. The molecule has 0 aromatic heterocycles. The molecule has 0 nitrogen and oxygen atoms in total. The molecule has 23 heavy (non-hydrogen) atoms. The minimum atomic E-state index is -0.209. The Morgan fingerprint density at radius 1 is 0.913 bits per heavy atom. The maximum atomic E-state index is 15.0. The summed E-state index contributed by atoms with van der Waals surface area (Å²) < 4.78 is 28.4. The summed E-state index contributed by atoms with van der Waals surface area (Å²) in [7, 11) is 0. The average Bonchev–Trinajstić information content (AvgIpc) is 2.54. The highest BCUT2D eigenvalue weighted by Gasteiger charge is 2.23. The summed E-state index contributed by atoms with van der Waals surface area (Å²) in [5.41, 5.74) is 4.10. The van der Waals surface area contributed by atoms with Gasteiger partial charge in [-0.1, -0.05) is 42.0 Å². The van der Waals surface area contributed by atoms with E-state index in [0.29, 0.717) is 11.8 Å². The Labute approximate surface area is 134 Å². The summed E-state index contributed by atoms with van der Waals surface area (Å²) in [5.74, 6) is -0.207. The monoisotopic (exact) mass is 308 g/mol. The molecule has 3 aromatic rings. The highest BCUT2D eigenvalue weighted by Crippen LogP contribution is 2.36. The number of hydrogen-bond donors (Lipinski definition) is 0. The standard InChI is InChI=1S/C21H18F2/c1-13-2-8-19-15(10-13)6-9-20(21(19)23)16-4-3-14-5-7-18(22)12-17(14)11-16/h2,5-10,12,16H,3-4,11H2,1H3. The van der Waals surface area contributed by atoms with Crippen molar-refractivity contribution >= 4 is 10.8 Å². The van der Waals surface area contributed by atoms with E-state index in [-0.39, 0.29) is 17.6 Å². The van der Waals surface area contributed by atoms with Crippen LogP contribution in [0.25, 0.3) is 10.8 Å². The summed E-state index contributed by atoms with van der Waals surface area (Å²) in [6.07, 6.45) is 2.50. The van der Waals surface area contributed by atoms with Crippen LogP contribution in [0.2, 0.25) is 0 Å². The summed E-state index contributed by atoms with van der Waals surface area (Å²) in [6, 6.07) is 14.7. The zero-order valence-corrected chi connectivity index (χ0v) is 13.1. The van der Waals surface area contributed by atoms with Crippen molar-refractivity contribution in [3.05, 3.63) is 82.4 Å². The third-order valence-electron chi connectivity index (χ3n) is 4.98. The van der Waals surface area contributed by atoms with Crippen molar-refractivity contribution in [3.63, 3.8) is 0 Å². The van der Waals surface area contributed by atoms with Crippen molar-refractivity contribution in [1.29, 1.82) is 0 Å². The number of aryl methyl sites for hydroxylation is 2. The molecule has 2 heteroatoms. The Hall–Kier alpha value is -2.22. The molecule has 1 aliphatic carbocycles. The Bertz CT molecular complexity index is 896. The summed E-state index contributed by atoms with van der Waals surface area (Å²) >= 11 is 0. The molecule has 4 rings (SSSR count). The van der Waals surface area contributed by atoms with E-state index in [1.54, 1.807) is 6.07 Å². The number of benzene rings is 3. The Morgan fingerprint density at radius 3 is 2.65 bits per heavy atom. The van der Waals surface area contributed by atoms with Crippen LogP contribution < -0.4 is 0 Å². The van der Waals surface area contributed by atoms with Crippen LogP contribution >= 0.6 is 0 Å². The lowest BCUT2D eigenvalue weighted by Gasteiger charge is -2.25. The normalized spacial score (nSPS) is 17.3. The van der Waals surface area contributed by atoms with Gasteiger partial charge >= 0.3 is 0 Å². The van der Waals surface area contributed by atoms with Gasteiger partial charge in [0, 0.05) is 5.39 Å². The van der Waals surface area contributed by atoms with Crippen LogP contribution in [0.1, 0.15) is 34.6 Å². The zero-order valence-electron chi connectivity index (χ0n) is 13.1. The lowest BCUT2D eigenvalue weighted by atomic mass is 9.79. The molecule has 0 spiro atoms. The Morgan fingerprint density at radius 2 is 1.78 bits per heavy atom. The molecule has 1 unspecified atom stereocenters. The summed E-state index contributed by atoms with van der Waals surface area (Å²) in [4.78, 5) is 0. The van der Waals surface area contributed by atoms with Gasteiger partial charge in [-0.3, -0.25) is 0 Å². The molecule has 1 aliphatic rings. The smallest absolute Gasteiger partial charge is 0.134 e. The van der Waals surface area contributed by atoms with E-state index in [2.05, 4.69) is 0 Å². The van der Waals surface area contributed by atoms with E-state index in [9.17, 15) is 8.78 Å². The van der Waals surface area contributed by atoms with Crippen molar-refractivity contribution in [1.82, 2.24) is 0 Å². The second kappa shape index (κ2) is 5.45. The van der Waals surface area contributed by atoms with Crippen LogP contribution in [0.3, 0.4) is 0 Å². The SMILES string of the molecule is Cc1ccc2c(F)c(C3CCc4ccc(F)cc4C3)ccc2c1. The summed E-state index contributed by atoms with van der Waals surface area (Å²) in [5, 5.41) is 1.62. The van der Waals surface area contributed by atoms with Crippen LogP contribution in [0.5, 0.6) is 0 Å². The number of rotatable bonds is 1. The minimum Gasteiger partial charge on any atom is -0.207 e. The van der Waals surface area contributed by atoms with Crippen molar-refractivity contribution in [2.75, 3.05) is 0 Å². The van der Waals surface area contributed by atoms with Gasteiger partial charge < -0.3 is 0 Å². The summed E-state index contributed by atoms with van der Waals surface area (Å²) in [6.45, 7) is 2.01. The fourth-order valence-corrected chi connectivity index (χ4v) is 3.73. The van der Waals surface area contributed by atoms with Gasteiger partial charge in [0.1, 0.15) is 11.6 Å². The Balaban J connectivity index is 1.75. The quantitative estimate of drug-likeness (QED) is 0.541. The van der Waals surface area contributed by atoms with Crippen molar-refractivity contribution in [3.8, 4) is 0 Å². The lowest BCUT2D eigenvalue weighted by molar-refractivity contribution is 0.535. The second-order valence-corrected chi connectivity index (χ2v) is 6.55. The molecule has 0 fully saturated rings. The van der Waals surface area contributed by atoms with Crippen molar-refractivity contribution in [2.24, 2.45) is 0 Å². The molecule has 0 radical (unpaired) electrons. The first kappa shape index (κ1) is 14.4. The van der Waals surface area contributed by atoms with Crippen LogP contribution in [-0.4, -0.2) is 0 Å². The van der Waals surface area contributed by atoms with E-state index in [1.165, 1.54) is 11.6 Å². The van der Waals surface area contributed by atoms with Crippen LogP contribution in [0.15, 0.2) is 48.5 Å². The first-order valence-electron chi connectivity index (χ1n) is 8.08. The third kappa shape index (κ3) is 2.52. The molecule has 0 saturated heterocycles. The van der Waals surface area contributed by atoms with E-state index in [0.717, 1.165) is 34.9 Å². The predicted octanol–water partition coefficient (Wildman–Crippen LogP) is 5.70. The maximum Gasteiger partial charge on any atom is 0.134 e.